The van der Waals surface area contributed by atoms with E-state index in [1.165, 1.54) is 11.3 Å². The lowest BCUT2D eigenvalue weighted by molar-refractivity contribution is 0.832. The van der Waals surface area contributed by atoms with Crippen LogP contribution in [-0.4, -0.2) is 15.9 Å². The average Bonchev–Trinajstić information content (AvgIpc) is 2.68. The van der Waals surface area contributed by atoms with Crippen molar-refractivity contribution in [2.45, 2.75) is 19.9 Å². The van der Waals surface area contributed by atoms with Gasteiger partial charge < -0.3 is 16.8 Å². The molecule has 0 fully saturated rings. The van der Waals surface area contributed by atoms with Gasteiger partial charge >= 0.3 is 0 Å². The van der Waals surface area contributed by atoms with Crippen molar-refractivity contribution < 1.29 is 0 Å². The zero-order valence-corrected chi connectivity index (χ0v) is 15.3. The summed E-state index contributed by atoms with van der Waals surface area (Å²) in [5.41, 5.74) is 14.3. The summed E-state index contributed by atoms with van der Waals surface area (Å²) in [4.78, 5) is 9.51. The quantitative estimate of drug-likeness (QED) is 0.479. The van der Waals surface area contributed by atoms with Crippen LogP contribution in [0.4, 0.5) is 5.13 Å². The molecule has 0 radical (unpaired) electrons. The zero-order valence-electron chi connectivity index (χ0n) is 12.0. The topological polar surface area (TPSA) is 114 Å². The Morgan fingerprint density at radius 1 is 1.32 bits per heavy atom. The second-order valence-electron chi connectivity index (χ2n) is 4.24. The smallest absolute Gasteiger partial charge is 0.192 e. The van der Waals surface area contributed by atoms with Gasteiger partial charge in [0.1, 0.15) is 0 Å². The molecule has 0 aliphatic carbocycles. The predicted molar refractivity (Wildman–Crippen MR) is 99.1 cm³/mol. The van der Waals surface area contributed by atoms with Crippen LogP contribution in [0, 0.1) is 19.3 Å². The van der Waals surface area contributed by atoms with Crippen molar-refractivity contribution >= 4 is 59.6 Å². The number of pyridine rings is 1. The summed E-state index contributed by atoms with van der Waals surface area (Å²) in [5.74, 6) is -0.137. The van der Waals surface area contributed by atoms with Crippen molar-refractivity contribution in [3.05, 3.63) is 40.2 Å². The van der Waals surface area contributed by atoms with Crippen LogP contribution in [0.25, 0.3) is 0 Å². The van der Waals surface area contributed by atoms with E-state index in [4.69, 9.17) is 16.9 Å². The lowest BCUT2D eigenvalue weighted by Gasteiger charge is -2.10. The fourth-order valence-corrected chi connectivity index (χ4v) is 2.72. The van der Waals surface area contributed by atoms with E-state index >= 15 is 0 Å². The molecule has 1 unspecified atom stereocenters. The first-order chi connectivity index (χ1) is 8.97. The summed E-state index contributed by atoms with van der Waals surface area (Å²) in [5, 5.41) is 10.4. The molecule has 6 nitrogen and oxygen atoms in total. The van der Waals surface area contributed by atoms with Gasteiger partial charge in [-0.3, -0.25) is 10.4 Å². The first-order valence-electron chi connectivity index (χ1n) is 5.74. The molecule has 2 aromatic heterocycles. The number of nitrogens with two attached hydrogens (primary N) is 2. The Balaban J connectivity index is 0. The predicted octanol–water partition coefficient (Wildman–Crippen LogP) is 2.77. The highest BCUT2D eigenvalue weighted by Crippen LogP contribution is 2.30. The standard InChI is InChI=1S/C12H16N6S.3ClH/c1-6-3-4-16-8(5-6)9(13)10-7(2)17-12(19-10)18-11(14)15;;;/h3-5,9H,13H2,1-2H3,(H4,14,15,17,18);3*1H. The monoisotopic (exact) mass is 384 g/mol. The van der Waals surface area contributed by atoms with E-state index in [2.05, 4.69) is 15.3 Å². The minimum atomic E-state index is -0.320. The average molecular weight is 386 g/mol. The number of hydrogen-bond acceptors (Lipinski definition) is 5. The van der Waals surface area contributed by atoms with E-state index in [-0.39, 0.29) is 49.2 Å². The van der Waals surface area contributed by atoms with Crippen molar-refractivity contribution in [2.24, 2.45) is 11.5 Å². The number of nitrogens with zero attached hydrogens (tertiary/aromatic N) is 2. The summed E-state index contributed by atoms with van der Waals surface area (Å²) in [6.07, 6.45) is 1.75. The third kappa shape index (κ3) is 5.58. The van der Waals surface area contributed by atoms with Crippen LogP contribution in [-0.2, 0) is 0 Å². The number of aryl methyl sites for hydroxylation is 2. The second kappa shape index (κ2) is 9.81. The van der Waals surface area contributed by atoms with Crippen LogP contribution in [0.2, 0.25) is 0 Å². The van der Waals surface area contributed by atoms with Gasteiger partial charge in [-0.05, 0) is 31.5 Å². The number of aromatic nitrogens is 2. The molecule has 0 aliphatic rings. The molecule has 0 saturated carbocycles. The van der Waals surface area contributed by atoms with Crippen molar-refractivity contribution in [3.8, 4) is 0 Å². The summed E-state index contributed by atoms with van der Waals surface area (Å²) < 4.78 is 0. The van der Waals surface area contributed by atoms with Crippen LogP contribution >= 0.6 is 48.6 Å². The van der Waals surface area contributed by atoms with Gasteiger partial charge in [-0.25, -0.2) is 4.98 Å². The second-order valence-corrected chi connectivity index (χ2v) is 5.27. The van der Waals surface area contributed by atoms with E-state index in [0.29, 0.717) is 5.13 Å². The third-order valence-electron chi connectivity index (χ3n) is 2.61. The van der Waals surface area contributed by atoms with E-state index in [0.717, 1.165) is 21.8 Å². The molecule has 0 bridgehead atoms. The Hall–Kier alpha value is -1.12. The first kappa shape index (κ1) is 23.2. The Morgan fingerprint density at radius 3 is 2.50 bits per heavy atom. The fourth-order valence-electron chi connectivity index (χ4n) is 1.73. The molecule has 0 aromatic carbocycles. The Labute approximate surface area is 151 Å². The van der Waals surface area contributed by atoms with Crippen LogP contribution in [0.3, 0.4) is 0 Å². The Kier molecular flexibility index (Phi) is 10.3. The van der Waals surface area contributed by atoms with Gasteiger partial charge in [0.05, 0.1) is 22.3 Å². The van der Waals surface area contributed by atoms with Crippen LogP contribution in [0.5, 0.6) is 0 Å². The highest BCUT2D eigenvalue weighted by atomic mass is 35.5. The molecule has 0 aliphatic heterocycles. The molecule has 124 valence electrons. The number of guanidine groups is 1. The van der Waals surface area contributed by atoms with Crippen LogP contribution in [0.1, 0.15) is 27.9 Å². The van der Waals surface area contributed by atoms with Gasteiger partial charge in [-0.1, -0.05) is 11.3 Å². The summed E-state index contributed by atoms with van der Waals surface area (Å²) >= 11 is 1.39. The molecule has 2 rings (SSSR count). The molecule has 0 amide bonds. The van der Waals surface area contributed by atoms with Crippen molar-refractivity contribution in [1.82, 2.24) is 9.97 Å². The SMILES string of the molecule is Cc1ccnc(C(N)c2sc(NC(=N)N)nc2C)c1.Cl.Cl.Cl. The van der Waals surface area contributed by atoms with Crippen LogP contribution in [0.15, 0.2) is 18.3 Å². The molecule has 2 heterocycles. The number of anilines is 1. The molecule has 6 N–H and O–H groups in total. The third-order valence-corrected chi connectivity index (χ3v) is 3.77. The summed E-state index contributed by atoms with van der Waals surface area (Å²) in [6, 6.07) is 3.57. The minimum Gasteiger partial charge on any atom is -0.370 e. The molecular formula is C12H19Cl3N6S. The molecule has 0 saturated heterocycles. The molecular weight excluding hydrogens is 367 g/mol. The maximum Gasteiger partial charge on any atom is 0.192 e. The maximum absolute atomic E-state index is 7.20. The van der Waals surface area contributed by atoms with Gasteiger partial charge in [-0.15, -0.1) is 37.2 Å². The lowest BCUT2D eigenvalue weighted by atomic mass is 10.1. The minimum absolute atomic E-state index is 0. The maximum atomic E-state index is 7.20. The molecule has 10 heteroatoms. The molecule has 0 spiro atoms. The van der Waals surface area contributed by atoms with E-state index in [1.54, 1.807) is 6.20 Å². The largest absolute Gasteiger partial charge is 0.370 e. The zero-order chi connectivity index (χ0) is 14.0. The van der Waals surface area contributed by atoms with Gasteiger partial charge in [0, 0.05) is 6.20 Å². The number of nitrogens with one attached hydrogen (secondary N) is 2. The van der Waals surface area contributed by atoms with E-state index < -0.39 is 0 Å². The highest BCUT2D eigenvalue weighted by Gasteiger charge is 2.18. The number of thiazole rings is 1. The van der Waals surface area contributed by atoms with Crippen molar-refractivity contribution in [1.29, 1.82) is 5.41 Å². The number of halogens is 3. The molecule has 1 atom stereocenters. The fraction of sp³-hybridized carbons (Fsp3) is 0.250. The lowest BCUT2D eigenvalue weighted by Crippen LogP contribution is -2.20. The number of hydrogen-bond donors (Lipinski definition) is 4. The number of rotatable bonds is 3. The van der Waals surface area contributed by atoms with Gasteiger partial charge in [0.25, 0.3) is 0 Å². The summed E-state index contributed by atoms with van der Waals surface area (Å²) in [7, 11) is 0. The first-order valence-corrected chi connectivity index (χ1v) is 6.55. The van der Waals surface area contributed by atoms with Gasteiger partial charge in [-0.2, -0.15) is 0 Å². The van der Waals surface area contributed by atoms with Crippen molar-refractivity contribution in [2.75, 3.05) is 5.32 Å². The molecule has 2 aromatic rings. The van der Waals surface area contributed by atoms with E-state index in [9.17, 15) is 0 Å². The summed E-state index contributed by atoms with van der Waals surface area (Å²) in [6.45, 7) is 3.88. The highest BCUT2D eigenvalue weighted by molar-refractivity contribution is 7.16. The van der Waals surface area contributed by atoms with Gasteiger partial charge in [0.15, 0.2) is 11.1 Å². The van der Waals surface area contributed by atoms with Crippen LogP contribution < -0.4 is 16.8 Å². The van der Waals surface area contributed by atoms with Crippen molar-refractivity contribution in [3.63, 3.8) is 0 Å². The normalized spacial score (nSPS) is 10.5. The van der Waals surface area contributed by atoms with Gasteiger partial charge in [0.2, 0.25) is 0 Å². The Bertz CT molecular complexity index is 619. The molecule has 22 heavy (non-hydrogen) atoms. The Morgan fingerprint density at radius 2 is 1.95 bits per heavy atom. The van der Waals surface area contributed by atoms with E-state index in [1.807, 2.05) is 26.0 Å².